The summed E-state index contributed by atoms with van der Waals surface area (Å²) >= 11 is -0.826. The molecule has 6 aromatic carbocycles. The van der Waals surface area contributed by atoms with E-state index in [0.29, 0.717) is 0 Å². The molecule has 41 heavy (non-hydrogen) atoms. The molecule has 6 aromatic rings. The minimum absolute atomic E-state index is 0.795. The van der Waals surface area contributed by atoms with Crippen LogP contribution in [0.3, 0.4) is 0 Å². The van der Waals surface area contributed by atoms with E-state index >= 15 is 0 Å². The van der Waals surface area contributed by atoms with Gasteiger partial charge >= 0.3 is 37.9 Å². The summed E-state index contributed by atoms with van der Waals surface area (Å²) in [6.07, 6.45) is 1.07. The zero-order valence-corrected chi connectivity index (χ0v) is 28.4. The molecule has 7 rings (SSSR count). The molecule has 0 aromatic heterocycles. The Hall–Kier alpha value is -2.61. The van der Waals surface area contributed by atoms with Crippen LogP contribution >= 0.6 is 17.0 Å². The van der Waals surface area contributed by atoms with E-state index < -0.39 is 20.8 Å². The topological polar surface area (TPSA) is 0 Å². The average Bonchev–Trinajstić information content (AvgIpc) is 3.59. The molecule has 0 nitrogen and oxygen atoms in total. The van der Waals surface area contributed by atoms with Crippen LogP contribution in [0.5, 0.6) is 0 Å². The summed E-state index contributed by atoms with van der Waals surface area (Å²) in [5.41, 5.74) is 12.1. The van der Waals surface area contributed by atoms with Crippen LogP contribution in [0, 0.1) is 19.9 Å². The third kappa shape index (κ3) is 6.90. The number of benzene rings is 5. The zero-order valence-electron chi connectivity index (χ0n) is 23.4. The molecular formula is C37H30Cl2SiZr. The number of halogens is 2. The summed E-state index contributed by atoms with van der Waals surface area (Å²) in [6, 6.07) is 45.0. The number of hydrogen-bond donors (Lipinski definition) is 0. The Balaban J connectivity index is 0.000000175. The fraction of sp³-hybridized carbons (Fsp3) is 0.108. The largest absolute Gasteiger partial charge is 0.184 e. The monoisotopic (exact) mass is 662 g/mol. The first-order valence-electron chi connectivity index (χ1n) is 13.7. The number of hydrogen-bond acceptors (Lipinski definition) is 0. The Morgan fingerprint density at radius 2 is 1.41 bits per heavy atom. The smallest absolute Gasteiger partial charge is 0.0920 e. The Labute approximate surface area is 265 Å². The molecule has 0 atom stereocenters. The van der Waals surface area contributed by atoms with E-state index in [4.69, 9.17) is 17.0 Å². The molecule has 0 spiro atoms. The second kappa shape index (κ2) is 14.0. The molecule has 4 heteroatoms. The van der Waals surface area contributed by atoms with Crippen LogP contribution in [0.15, 0.2) is 115 Å². The fourth-order valence-corrected chi connectivity index (χ4v) is 6.87. The zero-order chi connectivity index (χ0) is 28.8. The number of aryl methyl sites for hydroxylation is 3. The van der Waals surface area contributed by atoms with Gasteiger partial charge in [-0.25, -0.2) is 0 Å². The van der Waals surface area contributed by atoms with E-state index in [0.717, 1.165) is 15.9 Å². The third-order valence-corrected chi connectivity index (χ3v) is 8.66. The first-order chi connectivity index (χ1) is 20.0. The normalized spacial score (nSPS) is 11.0. The molecule has 1 aliphatic rings. The summed E-state index contributed by atoms with van der Waals surface area (Å²) in [5, 5.41) is 5.53. The van der Waals surface area contributed by atoms with Crippen molar-refractivity contribution >= 4 is 47.7 Å². The van der Waals surface area contributed by atoms with E-state index in [1.54, 1.807) is 0 Å². The second-order valence-corrected chi connectivity index (χ2v) is 15.2. The van der Waals surface area contributed by atoms with Crippen LogP contribution < -0.4 is 10.4 Å². The van der Waals surface area contributed by atoms with Gasteiger partial charge in [0.25, 0.3) is 0 Å². The maximum Gasteiger partial charge on any atom is 0.0920 e. The van der Waals surface area contributed by atoms with E-state index in [9.17, 15) is 0 Å². The van der Waals surface area contributed by atoms with Crippen LogP contribution in [0.4, 0.5) is 0 Å². The molecule has 0 fully saturated rings. The van der Waals surface area contributed by atoms with Gasteiger partial charge in [0.1, 0.15) is 0 Å². The third-order valence-electron chi connectivity index (χ3n) is 7.29. The molecule has 0 bridgehead atoms. The molecule has 0 saturated heterocycles. The number of fused-ring (bicyclic) bond motifs is 4. The van der Waals surface area contributed by atoms with E-state index in [1.807, 2.05) is 6.07 Å². The number of rotatable bonds is 3. The van der Waals surface area contributed by atoms with Gasteiger partial charge in [0.15, 0.2) is 0 Å². The van der Waals surface area contributed by atoms with Gasteiger partial charge in [0.2, 0.25) is 0 Å². The van der Waals surface area contributed by atoms with Gasteiger partial charge in [-0.2, -0.15) is 35.5 Å². The molecule has 200 valence electrons. The van der Waals surface area contributed by atoms with Gasteiger partial charge in [-0.05, 0) is 37.0 Å². The van der Waals surface area contributed by atoms with Crippen molar-refractivity contribution in [2.45, 2.75) is 27.2 Å². The van der Waals surface area contributed by atoms with Gasteiger partial charge in [-0.15, -0.1) is 34.0 Å². The molecular weight excluding hydrogens is 635 g/mol. The molecule has 2 radical (unpaired) electrons. The Kier molecular flexibility index (Phi) is 10.2. The van der Waals surface area contributed by atoms with Crippen molar-refractivity contribution < 1.29 is 20.8 Å². The van der Waals surface area contributed by atoms with Crippen LogP contribution in [-0.2, 0) is 27.3 Å². The van der Waals surface area contributed by atoms with Crippen molar-refractivity contribution in [1.82, 2.24) is 0 Å². The van der Waals surface area contributed by atoms with Crippen LogP contribution in [-0.4, -0.2) is 9.52 Å². The summed E-state index contributed by atoms with van der Waals surface area (Å²) < 4.78 is 0. The Bertz CT molecular complexity index is 1710. The first-order valence-corrected chi connectivity index (χ1v) is 21.0. The molecule has 1 heterocycles. The van der Waals surface area contributed by atoms with Crippen molar-refractivity contribution in [3.63, 3.8) is 0 Å². The Morgan fingerprint density at radius 1 is 0.732 bits per heavy atom. The van der Waals surface area contributed by atoms with E-state index in [2.05, 4.69) is 136 Å². The van der Waals surface area contributed by atoms with Crippen molar-refractivity contribution in [1.29, 1.82) is 0 Å². The van der Waals surface area contributed by atoms with E-state index in [1.165, 1.54) is 71.2 Å². The summed E-state index contributed by atoms with van der Waals surface area (Å²) in [7, 11) is 10.7. The van der Waals surface area contributed by atoms with Crippen molar-refractivity contribution in [2.24, 2.45) is 0 Å². The summed E-state index contributed by atoms with van der Waals surface area (Å²) in [4.78, 5) is 0. The predicted octanol–water partition coefficient (Wildman–Crippen LogP) is 9.57. The Morgan fingerprint density at radius 3 is 2.15 bits per heavy atom. The van der Waals surface area contributed by atoms with Crippen molar-refractivity contribution in [3.05, 3.63) is 138 Å². The first kappa shape index (κ1) is 29.9. The maximum atomic E-state index is 4.93. The molecule has 0 unspecified atom stereocenters. The summed E-state index contributed by atoms with van der Waals surface area (Å²) in [5.74, 6) is 0. The van der Waals surface area contributed by atoms with Crippen LogP contribution in [0.25, 0.3) is 44.2 Å². The van der Waals surface area contributed by atoms with E-state index in [-0.39, 0.29) is 0 Å². The van der Waals surface area contributed by atoms with Gasteiger partial charge in [0.05, 0.1) is 9.52 Å². The summed E-state index contributed by atoms with van der Waals surface area (Å²) in [6.45, 7) is 6.59. The molecule has 1 aliphatic heterocycles. The standard InChI is InChI=1S/C25H23.C12H7Si.2ClH.Zr/c1-4-19-15-21-10-11-23(20-8-6-5-7-9-20)25(24(21)16-19)22-13-17(2)12-18(3)14-22;1-3-7-11-9(5-1)10-6-2-4-8-12(10)13-11;;;/h5-16H,4H2,1-3H3;1-7H;2*1H;/q2*-1;;;+4/p-2. The predicted molar refractivity (Wildman–Crippen MR) is 177 cm³/mol. The van der Waals surface area contributed by atoms with Crippen LogP contribution in [0.2, 0.25) is 0 Å². The molecule has 0 N–H and O–H groups in total. The minimum atomic E-state index is -0.826. The van der Waals surface area contributed by atoms with Crippen molar-refractivity contribution in [3.8, 4) is 33.4 Å². The van der Waals surface area contributed by atoms with Gasteiger partial charge < -0.3 is 0 Å². The SMILES string of the molecule is CCc1cc2c(-c3cc(C)cc(C)c3)c(-c3ccccc3)ccc2[cH-]1.[Cl][Zr+2][Cl].[c-]1cccc2c1[Si]c1ccccc1-2. The quantitative estimate of drug-likeness (QED) is 0.130. The fourth-order valence-electron chi connectivity index (χ4n) is 5.56. The molecule has 0 aliphatic carbocycles. The maximum absolute atomic E-state index is 4.93. The van der Waals surface area contributed by atoms with Gasteiger partial charge in [-0.1, -0.05) is 113 Å². The van der Waals surface area contributed by atoms with Gasteiger partial charge in [-0.3, -0.25) is 0 Å². The van der Waals surface area contributed by atoms with Crippen molar-refractivity contribution in [2.75, 3.05) is 0 Å². The molecule has 0 saturated carbocycles. The van der Waals surface area contributed by atoms with Gasteiger partial charge in [0, 0.05) is 0 Å². The average molecular weight is 665 g/mol. The van der Waals surface area contributed by atoms with Crippen LogP contribution in [0.1, 0.15) is 23.6 Å². The minimum Gasteiger partial charge on any atom is -0.184 e. The second-order valence-electron chi connectivity index (χ2n) is 10.2. The molecule has 0 amide bonds.